The normalized spacial score (nSPS) is 12.0. The lowest BCUT2D eigenvalue weighted by molar-refractivity contribution is -0.122. The molecule has 0 spiro atoms. The molecule has 6 heteroatoms. The van der Waals surface area contributed by atoms with Gasteiger partial charge >= 0.3 is 0 Å². The highest BCUT2D eigenvalue weighted by molar-refractivity contribution is 6.30. The molecule has 5 nitrogen and oxygen atoms in total. The molecule has 0 fully saturated rings. The smallest absolute Gasteiger partial charge is 0.237 e. The number of aryl methyl sites for hydroxylation is 1. The topological polar surface area (TPSA) is 94.0 Å². The van der Waals surface area contributed by atoms with Gasteiger partial charge in [-0.15, -0.1) is 0 Å². The van der Waals surface area contributed by atoms with E-state index in [4.69, 9.17) is 23.1 Å². The van der Waals surface area contributed by atoms with Crippen LogP contribution in [0.3, 0.4) is 0 Å². The van der Waals surface area contributed by atoms with Crippen LogP contribution in [0.2, 0.25) is 5.02 Å². The molecule has 1 heterocycles. The van der Waals surface area contributed by atoms with Gasteiger partial charge in [-0.05, 0) is 42.7 Å². The molecule has 1 aromatic carbocycles. The lowest BCUT2D eigenvalue weighted by Gasteiger charge is -2.13. The van der Waals surface area contributed by atoms with Gasteiger partial charge in [0.2, 0.25) is 5.91 Å². The fraction of sp³-hybridized carbons (Fsp3) is 0.250. The third kappa shape index (κ3) is 4.44. The highest BCUT2D eigenvalue weighted by Crippen LogP contribution is 2.12. The van der Waals surface area contributed by atoms with Gasteiger partial charge in [0.15, 0.2) is 0 Å². The van der Waals surface area contributed by atoms with Gasteiger partial charge in [-0.25, -0.2) is 4.98 Å². The summed E-state index contributed by atoms with van der Waals surface area (Å²) in [6.07, 6.45) is 0.436. The Hall–Kier alpha value is -2.11. The van der Waals surface area contributed by atoms with Gasteiger partial charge in [-0.2, -0.15) is 0 Å². The van der Waals surface area contributed by atoms with Gasteiger partial charge in [0.05, 0.1) is 6.04 Å². The largest absolute Gasteiger partial charge is 0.384 e. The van der Waals surface area contributed by atoms with Crippen molar-refractivity contribution in [3.8, 4) is 0 Å². The minimum absolute atomic E-state index is 0.212. The first-order chi connectivity index (χ1) is 10.5. The number of benzene rings is 1. The molecule has 0 saturated heterocycles. The zero-order chi connectivity index (χ0) is 16.1. The molecule has 1 amide bonds. The average Bonchev–Trinajstić information content (AvgIpc) is 2.46. The van der Waals surface area contributed by atoms with E-state index in [9.17, 15) is 4.79 Å². The fourth-order valence-corrected chi connectivity index (χ4v) is 2.33. The predicted octanol–water partition coefficient (Wildman–Crippen LogP) is 1.81. The van der Waals surface area contributed by atoms with Crippen LogP contribution in [0.4, 0.5) is 5.82 Å². The first kappa shape index (κ1) is 16.3. The van der Waals surface area contributed by atoms with Crippen LogP contribution < -0.4 is 16.8 Å². The molecule has 0 unspecified atom stereocenters. The molecule has 0 saturated carbocycles. The van der Waals surface area contributed by atoms with Crippen LogP contribution in [0.25, 0.3) is 0 Å². The number of nitrogen functional groups attached to an aromatic ring is 1. The molecular formula is C16H19ClN4O. The lowest BCUT2D eigenvalue weighted by atomic mass is 10.1. The molecule has 0 aliphatic heterocycles. The van der Waals surface area contributed by atoms with Crippen molar-refractivity contribution >= 4 is 23.3 Å². The zero-order valence-electron chi connectivity index (χ0n) is 12.3. The van der Waals surface area contributed by atoms with E-state index in [1.807, 2.05) is 31.2 Å². The van der Waals surface area contributed by atoms with Crippen molar-refractivity contribution < 1.29 is 4.79 Å². The first-order valence-corrected chi connectivity index (χ1v) is 7.33. The second kappa shape index (κ2) is 7.24. The number of amides is 1. The highest BCUT2D eigenvalue weighted by atomic mass is 35.5. The number of nitrogens with one attached hydrogen (secondary N) is 1. The maximum Gasteiger partial charge on any atom is 0.237 e. The lowest BCUT2D eigenvalue weighted by Crippen LogP contribution is -2.41. The summed E-state index contributed by atoms with van der Waals surface area (Å²) >= 11 is 5.92. The Morgan fingerprint density at radius 2 is 2.14 bits per heavy atom. The van der Waals surface area contributed by atoms with Crippen molar-refractivity contribution in [2.24, 2.45) is 5.73 Å². The number of hydrogen-bond acceptors (Lipinski definition) is 4. The SMILES string of the molecule is Cc1nc(N)ccc1CNC(=O)[C@@H](N)Cc1cccc(Cl)c1. The van der Waals surface area contributed by atoms with Crippen LogP contribution in [-0.4, -0.2) is 16.9 Å². The Morgan fingerprint density at radius 3 is 2.82 bits per heavy atom. The summed E-state index contributed by atoms with van der Waals surface area (Å²) in [5.74, 6) is 0.251. The summed E-state index contributed by atoms with van der Waals surface area (Å²) in [6, 6.07) is 10.3. The second-order valence-electron chi connectivity index (χ2n) is 5.14. The number of carbonyl (C=O) groups is 1. The number of rotatable bonds is 5. The number of nitrogens with zero attached hydrogens (tertiary/aromatic N) is 1. The Bertz CT molecular complexity index is 675. The van der Waals surface area contributed by atoms with Crippen molar-refractivity contribution in [2.45, 2.75) is 25.9 Å². The van der Waals surface area contributed by atoms with E-state index in [1.165, 1.54) is 0 Å². The molecule has 22 heavy (non-hydrogen) atoms. The van der Waals surface area contributed by atoms with Crippen molar-refractivity contribution in [3.05, 3.63) is 58.2 Å². The quantitative estimate of drug-likeness (QED) is 0.783. The van der Waals surface area contributed by atoms with Gasteiger partial charge in [-0.1, -0.05) is 29.8 Å². The van der Waals surface area contributed by atoms with Crippen LogP contribution in [0.1, 0.15) is 16.8 Å². The Labute approximate surface area is 134 Å². The Kier molecular flexibility index (Phi) is 5.35. The zero-order valence-corrected chi connectivity index (χ0v) is 13.1. The van der Waals surface area contributed by atoms with Crippen LogP contribution in [0, 0.1) is 6.92 Å². The molecule has 0 aliphatic carbocycles. The first-order valence-electron chi connectivity index (χ1n) is 6.95. The monoisotopic (exact) mass is 318 g/mol. The summed E-state index contributed by atoms with van der Waals surface area (Å²) in [5, 5.41) is 3.45. The maximum absolute atomic E-state index is 12.1. The highest BCUT2D eigenvalue weighted by Gasteiger charge is 2.14. The molecule has 1 atom stereocenters. The average molecular weight is 319 g/mol. The van der Waals surface area contributed by atoms with Crippen molar-refractivity contribution in [3.63, 3.8) is 0 Å². The van der Waals surface area contributed by atoms with Crippen LogP contribution in [0.15, 0.2) is 36.4 Å². The molecule has 0 bridgehead atoms. The third-order valence-electron chi connectivity index (χ3n) is 3.35. The fourth-order valence-electron chi connectivity index (χ4n) is 2.12. The Morgan fingerprint density at radius 1 is 1.36 bits per heavy atom. The number of hydrogen-bond donors (Lipinski definition) is 3. The van der Waals surface area contributed by atoms with Crippen LogP contribution in [0.5, 0.6) is 0 Å². The molecular weight excluding hydrogens is 300 g/mol. The Balaban J connectivity index is 1.91. The van der Waals surface area contributed by atoms with E-state index >= 15 is 0 Å². The minimum Gasteiger partial charge on any atom is -0.384 e. The van der Waals surface area contributed by atoms with E-state index < -0.39 is 6.04 Å². The van der Waals surface area contributed by atoms with E-state index in [1.54, 1.807) is 12.1 Å². The maximum atomic E-state index is 12.1. The van der Waals surface area contributed by atoms with Crippen molar-refractivity contribution in [1.29, 1.82) is 0 Å². The van der Waals surface area contributed by atoms with Crippen molar-refractivity contribution in [2.75, 3.05) is 5.73 Å². The van der Waals surface area contributed by atoms with Crippen molar-refractivity contribution in [1.82, 2.24) is 10.3 Å². The number of pyridine rings is 1. The van der Waals surface area contributed by atoms with Gasteiger partial charge in [-0.3, -0.25) is 4.79 Å². The van der Waals surface area contributed by atoms with Gasteiger partial charge < -0.3 is 16.8 Å². The number of nitrogens with two attached hydrogens (primary N) is 2. The summed E-state index contributed by atoms with van der Waals surface area (Å²) < 4.78 is 0. The number of carbonyl (C=O) groups excluding carboxylic acids is 1. The van der Waals surface area contributed by atoms with Crippen LogP contribution in [-0.2, 0) is 17.8 Å². The molecule has 2 aromatic rings. The predicted molar refractivity (Wildman–Crippen MR) is 88.4 cm³/mol. The molecule has 0 radical (unpaired) electrons. The third-order valence-corrected chi connectivity index (χ3v) is 3.59. The van der Waals surface area contributed by atoms with E-state index in [-0.39, 0.29) is 5.91 Å². The molecule has 5 N–H and O–H groups in total. The van der Waals surface area contributed by atoms with E-state index in [2.05, 4.69) is 10.3 Å². The van der Waals surface area contributed by atoms with Gasteiger partial charge in [0.1, 0.15) is 5.82 Å². The summed E-state index contributed by atoms with van der Waals surface area (Å²) in [4.78, 5) is 16.2. The van der Waals surface area contributed by atoms with E-state index in [0.29, 0.717) is 23.8 Å². The second-order valence-corrected chi connectivity index (χ2v) is 5.58. The molecule has 0 aliphatic rings. The standard InChI is InChI=1S/C16H19ClN4O/c1-10-12(5-6-15(19)21-10)9-20-16(22)14(18)8-11-3-2-4-13(17)7-11/h2-7,14H,8-9,18H2,1H3,(H2,19,21)(H,20,22)/t14-/m0/s1. The molecule has 116 valence electrons. The number of aromatic nitrogens is 1. The summed E-state index contributed by atoms with van der Waals surface area (Å²) in [6.45, 7) is 2.23. The van der Waals surface area contributed by atoms with Gasteiger partial charge in [0, 0.05) is 17.3 Å². The van der Waals surface area contributed by atoms with E-state index in [0.717, 1.165) is 16.8 Å². The summed E-state index contributed by atoms with van der Waals surface area (Å²) in [7, 11) is 0. The molecule has 2 rings (SSSR count). The minimum atomic E-state index is -0.625. The molecule has 1 aromatic heterocycles. The van der Waals surface area contributed by atoms with Crippen LogP contribution >= 0.6 is 11.6 Å². The number of halogens is 1. The van der Waals surface area contributed by atoms with Gasteiger partial charge in [0.25, 0.3) is 0 Å². The number of anilines is 1. The summed E-state index contributed by atoms with van der Waals surface area (Å²) in [5.41, 5.74) is 14.2.